The predicted octanol–water partition coefficient (Wildman–Crippen LogP) is 2.12. The fraction of sp³-hybridized carbons (Fsp3) is 0.500. The molecule has 1 N–H and O–H groups in total. The second-order valence-electron chi connectivity index (χ2n) is 4.82. The molecule has 1 fully saturated rings. The molecule has 1 aromatic rings. The third-order valence-electron chi connectivity index (χ3n) is 3.40. The molecule has 1 atom stereocenters. The van der Waals surface area contributed by atoms with E-state index >= 15 is 0 Å². The highest BCUT2D eigenvalue weighted by Crippen LogP contribution is 2.18. The van der Waals surface area contributed by atoms with Crippen LogP contribution in [0.1, 0.15) is 18.4 Å². The summed E-state index contributed by atoms with van der Waals surface area (Å²) in [7, 11) is 0. The van der Waals surface area contributed by atoms with Gasteiger partial charge in [-0.3, -0.25) is 4.79 Å². The van der Waals surface area contributed by atoms with Gasteiger partial charge in [0.2, 0.25) is 5.91 Å². The maximum Gasteiger partial charge on any atom is 0.236 e. The van der Waals surface area contributed by atoms with Crippen LogP contribution in [0.2, 0.25) is 0 Å². The molecule has 0 saturated carbocycles. The number of rotatable bonds is 3. The van der Waals surface area contributed by atoms with Gasteiger partial charge in [-0.25, -0.2) is 4.39 Å². The Kier molecular flexibility index (Phi) is 4.93. The average molecular weight is 330 g/mol. The van der Waals surface area contributed by atoms with Gasteiger partial charge in [0.25, 0.3) is 0 Å². The molecule has 1 saturated heterocycles. The standard InChI is InChI=1S/C14H17BrFNO2/c15-12(9-10-3-1-2-4-13(10)16)14(19)17-7-5-11(18)6-8-17/h1-4,11-12,18H,5-9H2. The Morgan fingerprint density at radius 3 is 2.68 bits per heavy atom. The lowest BCUT2D eigenvalue weighted by molar-refractivity contribution is -0.132. The third-order valence-corrected chi connectivity index (χ3v) is 4.12. The van der Waals surface area contributed by atoms with Crippen LogP contribution in [0.5, 0.6) is 0 Å². The first kappa shape index (κ1) is 14.5. The topological polar surface area (TPSA) is 40.5 Å². The smallest absolute Gasteiger partial charge is 0.236 e. The molecular weight excluding hydrogens is 313 g/mol. The minimum atomic E-state index is -0.417. The van der Waals surface area contributed by atoms with Crippen LogP contribution in [0.3, 0.4) is 0 Å². The number of halogens is 2. The van der Waals surface area contributed by atoms with Crippen molar-refractivity contribution in [2.75, 3.05) is 13.1 Å². The molecule has 1 aliphatic heterocycles. The lowest BCUT2D eigenvalue weighted by Crippen LogP contribution is -2.43. The van der Waals surface area contributed by atoms with Crippen LogP contribution in [0.15, 0.2) is 24.3 Å². The normalized spacial score (nSPS) is 18.4. The number of hydrogen-bond donors (Lipinski definition) is 1. The van der Waals surface area contributed by atoms with Crippen LogP contribution in [-0.4, -0.2) is 39.9 Å². The predicted molar refractivity (Wildman–Crippen MR) is 74.6 cm³/mol. The second-order valence-corrected chi connectivity index (χ2v) is 5.92. The molecule has 1 unspecified atom stereocenters. The van der Waals surface area contributed by atoms with Crippen molar-refractivity contribution in [3.05, 3.63) is 35.6 Å². The fourth-order valence-electron chi connectivity index (χ4n) is 2.23. The van der Waals surface area contributed by atoms with E-state index < -0.39 is 4.83 Å². The lowest BCUT2D eigenvalue weighted by atomic mass is 10.1. The Bertz CT molecular complexity index is 447. The molecule has 1 aromatic carbocycles. The molecule has 104 valence electrons. The maximum absolute atomic E-state index is 13.5. The maximum atomic E-state index is 13.5. The van der Waals surface area contributed by atoms with E-state index in [1.807, 2.05) is 0 Å². The summed E-state index contributed by atoms with van der Waals surface area (Å²) in [5, 5.41) is 9.42. The molecule has 2 rings (SSSR count). The molecule has 0 aliphatic carbocycles. The Morgan fingerprint density at radius 1 is 1.42 bits per heavy atom. The van der Waals surface area contributed by atoms with Gasteiger partial charge in [-0.1, -0.05) is 34.1 Å². The molecule has 0 aromatic heterocycles. The minimum Gasteiger partial charge on any atom is -0.393 e. The average Bonchev–Trinajstić information content (AvgIpc) is 2.41. The fourth-order valence-corrected chi connectivity index (χ4v) is 2.87. The summed E-state index contributed by atoms with van der Waals surface area (Å²) < 4.78 is 13.5. The van der Waals surface area contributed by atoms with Crippen molar-refractivity contribution in [2.24, 2.45) is 0 Å². The summed E-state index contributed by atoms with van der Waals surface area (Å²) >= 11 is 3.34. The van der Waals surface area contributed by atoms with Crippen molar-refractivity contribution >= 4 is 21.8 Å². The summed E-state index contributed by atoms with van der Waals surface area (Å²) in [6.07, 6.45) is 1.27. The number of aliphatic hydroxyl groups is 1. The highest BCUT2D eigenvalue weighted by Gasteiger charge is 2.26. The monoisotopic (exact) mass is 329 g/mol. The third kappa shape index (κ3) is 3.76. The molecule has 1 heterocycles. The molecular formula is C14H17BrFNO2. The van der Waals surface area contributed by atoms with Crippen molar-refractivity contribution in [1.29, 1.82) is 0 Å². The number of benzene rings is 1. The Morgan fingerprint density at radius 2 is 2.05 bits per heavy atom. The highest BCUT2D eigenvalue weighted by molar-refractivity contribution is 9.10. The van der Waals surface area contributed by atoms with E-state index in [-0.39, 0.29) is 17.8 Å². The number of carbonyl (C=O) groups excluding carboxylic acids is 1. The highest BCUT2D eigenvalue weighted by atomic mass is 79.9. The van der Waals surface area contributed by atoms with Crippen LogP contribution >= 0.6 is 15.9 Å². The summed E-state index contributed by atoms with van der Waals surface area (Å²) in [4.78, 5) is 13.5. The molecule has 0 bridgehead atoms. The van der Waals surface area contributed by atoms with Crippen molar-refractivity contribution in [3.8, 4) is 0 Å². The van der Waals surface area contributed by atoms with Crippen LogP contribution in [0, 0.1) is 5.82 Å². The second kappa shape index (κ2) is 6.48. The van der Waals surface area contributed by atoms with E-state index in [0.717, 1.165) is 0 Å². The van der Waals surface area contributed by atoms with E-state index in [4.69, 9.17) is 0 Å². The van der Waals surface area contributed by atoms with Gasteiger partial charge < -0.3 is 10.0 Å². The zero-order valence-corrected chi connectivity index (χ0v) is 12.1. The molecule has 0 radical (unpaired) electrons. The number of piperidine rings is 1. The Labute approximate surface area is 120 Å². The number of amides is 1. The summed E-state index contributed by atoms with van der Waals surface area (Å²) in [5.41, 5.74) is 0.537. The van der Waals surface area contributed by atoms with Crippen LogP contribution < -0.4 is 0 Å². The van der Waals surface area contributed by atoms with Gasteiger partial charge in [0.1, 0.15) is 5.82 Å². The quantitative estimate of drug-likeness (QED) is 0.863. The largest absolute Gasteiger partial charge is 0.393 e. The van der Waals surface area contributed by atoms with Gasteiger partial charge >= 0.3 is 0 Å². The van der Waals surface area contributed by atoms with E-state index in [1.54, 1.807) is 23.1 Å². The minimum absolute atomic E-state index is 0.0323. The summed E-state index contributed by atoms with van der Waals surface area (Å²) in [5.74, 6) is -0.316. The number of carbonyl (C=O) groups is 1. The molecule has 0 spiro atoms. The van der Waals surface area contributed by atoms with Crippen molar-refractivity contribution in [3.63, 3.8) is 0 Å². The van der Waals surface area contributed by atoms with E-state index in [2.05, 4.69) is 15.9 Å². The Balaban J connectivity index is 1.94. The van der Waals surface area contributed by atoms with Gasteiger partial charge in [0, 0.05) is 13.1 Å². The number of alkyl halides is 1. The van der Waals surface area contributed by atoms with Gasteiger partial charge in [0.15, 0.2) is 0 Å². The number of aliphatic hydroxyl groups excluding tert-OH is 1. The molecule has 5 heteroatoms. The first-order valence-electron chi connectivity index (χ1n) is 6.42. The van der Waals surface area contributed by atoms with Crippen molar-refractivity contribution in [2.45, 2.75) is 30.2 Å². The zero-order chi connectivity index (χ0) is 13.8. The number of likely N-dealkylation sites (tertiary alicyclic amines) is 1. The van der Waals surface area contributed by atoms with Gasteiger partial charge in [-0.05, 0) is 30.9 Å². The summed E-state index contributed by atoms with van der Waals surface area (Å²) in [6.45, 7) is 1.14. The van der Waals surface area contributed by atoms with Gasteiger partial charge in [-0.2, -0.15) is 0 Å². The van der Waals surface area contributed by atoms with Crippen molar-refractivity contribution in [1.82, 2.24) is 4.90 Å². The van der Waals surface area contributed by atoms with Gasteiger partial charge in [-0.15, -0.1) is 0 Å². The van der Waals surface area contributed by atoms with Crippen LogP contribution in [0.25, 0.3) is 0 Å². The zero-order valence-electron chi connectivity index (χ0n) is 10.6. The first-order chi connectivity index (χ1) is 9.08. The molecule has 3 nitrogen and oxygen atoms in total. The van der Waals surface area contributed by atoms with E-state index in [9.17, 15) is 14.3 Å². The lowest BCUT2D eigenvalue weighted by Gasteiger charge is -2.31. The molecule has 1 amide bonds. The van der Waals surface area contributed by atoms with Crippen LogP contribution in [-0.2, 0) is 11.2 Å². The molecule has 19 heavy (non-hydrogen) atoms. The van der Waals surface area contributed by atoms with E-state index in [0.29, 0.717) is 37.9 Å². The number of nitrogens with zero attached hydrogens (tertiary/aromatic N) is 1. The SMILES string of the molecule is O=C(C(Br)Cc1ccccc1F)N1CCC(O)CC1. The molecule has 1 aliphatic rings. The number of hydrogen-bond acceptors (Lipinski definition) is 2. The van der Waals surface area contributed by atoms with E-state index in [1.165, 1.54) is 6.07 Å². The van der Waals surface area contributed by atoms with Gasteiger partial charge in [0.05, 0.1) is 10.9 Å². The first-order valence-corrected chi connectivity index (χ1v) is 7.34. The summed E-state index contributed by atoms with van der Waals surface area (Å²) in [6, 6.07) is 6.49. The Hall–Kier alpha value is -0.940. The van der Waals surface area contributed by atoms with Crippen LogP contribution in [0.4, 0.5) is 4.39 Å². The van der Waals surface area contributed by atoms with Crippen molar-refractivity contribution < 1.29 is 14.3 Å².